The molecule has 0 atom stereocenters. The van der Waals surface area contributed by atoms with Gasteiger partial charge in [-0.3, -0.25) is 0 Å². The van der Waals surface area contributed by atoms with Gasteiger partial charge in [-0.1, -0.05) is 37.1 Å². The molecule has 0 amide bonds. The van der Waals surface area contributed by atoms with Gasteiger partial charge in [-0.05, 0) is 18.6 Å². The Balaban J connectivity index is 2.43. The summed E-state index contributed by atoms with van der Waals surface area (Å²) in [6, 6.07) is 8.32. The van der Waals surface area contributed by atoms with Crippen LogP contribution < -0.4 is 4.90 Å². The third kappa shape index (κ3) is 3.04. The van der Waals surface area contributed by atoms with Crippen LogP contribution in [0.15, 0.2) is 30.6 Å². The molecule has 0 bridgehead atoms. The van der Waals surface area contributed by atoms with Crippen LogP contribution in [-0.2, 0) is 6.42 Å². The molecule has 0 saturated carbocycles. The van der Waals surface area contributed by atoms with Crippen LogP contribution in [0.25, 0.3) is 11.3 Å². The number of benzene rings is 1. The number of aromatic nitrogens is 2. The van der Waals surface area contributed by atoms with Crippen molar-refractivity contribution >= 4 is 17.3 Å². The summed E-state index contributed by atoms with van der Waals surface area (Å²) in [5, 5.41) is 0.559. The second kappa shape index (κ2) is 6.02. The minimum Gasteiger partial charge on any atom is -0.378 e. The van der Waals surface area contributed by atoms with Crippen molar-refractivity contribution in [1.82, 2.24) is 9.97 Å². The highest BCUT2D eigenvalue weighted by molar-refractivity contribution is 6.30. The standard InChI is InChI=1S/C15H18ClN3/c1-4-5-13-14(17-10-18-15(13)16)11-6-8-12(9-7-11)19(2)3/h6-10H,4-5H2,1-3H3. The van der Waals surface area contributed by atoms with Crippen molar-refractivity contribution in [3.63, 3.8) is 0 Å². The summed E-state index contributed by atoms with van der Waals surface area (Å²) in [4.78, 5) is 10.5. The summed E-state index contributed by atoms with van der Waals surface area (Å²) in [5.74, 6) is 0. The first-order valence-corrected chi connectivity index (χ1v) is 6.78. The normalized spacial score (nSPS) is 10.5. The smallest absolute Gasteiger partial charge is 0.136 e. The van der Waals surface area contributed by atoms with Crippen LogP contribution in [0.1, 0.15) is 18.9 Å². The van der Waals surface area contributed by atoms with Crippen molar-refractivity contribution in [1.29, 1.82) is 0 Å². The van der Waals surface area contributed by atoms with Crippen LogP contribution in [0.3, 0.4) is 0 Å². The van der Waals surface area contributed by atoms with Gasteiger partial charge in [0.05, 0.1) is 5.69 Å². The van der Waals surface area contributed by atoms with E-state index in [1.165, 1.54) is 12.0 Å². The highest BCUT2D eigenvalue weighted by atomic mass is 35.5. The van der Waals surface area contributed by atoms with Gasteiger partial charge in [-0.25, -0.2) is 9.97 Å². The van der Waals surface area contributed by atoms with E-state index in [9.17, 15) is 0 Å². The van der Waals surface area contributed by atoms with Crippen molar-refractivity contribution in [2.24, 2.45) is 0 Å². The van der Waals surface area contributed by atoms with E-state index in [0.29, 0.717) is 5.15 Å². The summed E-state index contributed by atoms with van der Waals surface area (Å²) >= 11 is 6.18. The SMILES string of the molecule is CCCc1c(Cl)ncnc1-c1ccc(N(C)C)cc1. The van der Waals surface area contributed by atoms with Crippen molar-refractivity contribution in [3.8, 4) is 11.3 Å². The highest BCUT2D eigenvalue weighted by Gasteiger charge is 2.11. The third-order valence-corrected chi connectivity index (χ3v) is 3.38. The Labute approximate surface area is 119 Å². The second-order valence-corrected chi connectivity index (χ2v) is 5.04. The van der Waals surface area contributed by atoms with Gasteiger partial charge in [0, 0.05) is 30.9 Å². The minimum absolute atomic E-state index is 0.559. The first kappa shape index (κ1) is 13.8. The molecule has 2 rings (SSSR count). The van der Waals surface area contributed by atoms with Crippen molar-refractivity contribution in [2.45, 2.75) is 19.8 Å². The predicted molar refractivity (Wildman–Crippen MR) is 80.8 cm³/mol. The number of rotatable bonds is 4. The van der Waals surface area contributed by atoms with Gasteiger partial charge >= 0.3 is 0 Å². The van der Waals surface area contributed by atoms with Gasteiger partial charge in [0.1, 0.15) is 11.5 Å². The lowest BCUT2D eigenvalue weighted by Crippen LogP contribution is -2.08. The number of anilines is 1. The molecule has 0 aliphatic carbocycles. The molecule has 1 aromatic carbocycles. The molecule has 100 valence electrons. The molecule has 0 spiro atoms. The van der Waals surface area contributed by atoms with E-state index in [2.05, 4.69) is 46.1 Å². The predicted octanol–water partition coefficient (Wildman–Crippen LogP) is 3.82. The lowest BCUT2D eigenvalue weighted by Gasteiger charge is -2.13. The fraction of sp³-hybridized carbons (Fsp3) is 0.333. The molecule has 4 heteroatoms. The van der Waals surface area contributed by atoms with E-state index < -0.39 is 0 Å². The summed E-state index contributed by atoms with van der Waals surface area (Å²) in [7, 11) is 4.05. The largest absolute Gasteiger partial charge is 0.378 e. The maximum atomic E-state index is 6.18. The third-order valence-electron chi connectivity index (χ3n) is 3.05. The van der Waals surface area contributed by atoms with Gasteiger partial charge in [0.15, 0.2) is 0 Å². The molecular formula is C15H18ClN3. The zero-order valence-electron chi connectivity index (χ0n) is 11.5. The first-order valence-electron chi connectivity index (χ1n) is 6.40. The fourth-order valence-electron chi connectivity index (χ4n) is 2.03. The Morgan fingerprint density at radius 2 is 1.79 bits per heavy atom. The van der Waals surface area contributed by atoms with E-state index in [1.807, 2.05) is 14.1 Å². The number of hydrogen-bond acceptors (Lipinski definition) is 3. The Kier molecular flexibility index (Phi) is 4.38. The molecule has 0 unspecified atom stereocenters. The van der Waals surface area contributed by atoms with Crippen LogP contribution in [0.4, 0.5) is 5.69 Å². The van der Waals surface area contributed by atoms with E-state index in [0.717, 1.165) is 29.7 Å². The molecule has 0 fully saturated rings. The maximum Gasteiger partial charge on any atom is 0.136 e. The van der Waals surface area contributed by atoms with Gasteiger partial charge < -0.3 is 4.90 Å². The number of hydrogen-bond donors (Lipinski definition) is 0. The molecule has 0 aliphatic rings. The van der Waals surface area contributed by atoms with Crippen LogP contribution >= 0.6 is 11.6 Å². The lowest BCUT2D eigenvalue weighted by atomic mass is 10.0. The van der Waals surface area contributed by atoms with Crippen LogP contribution in [0, 0.1) is 0 Å². The van der Waals surface area contributed by atoms with E-state index >= 15 is 0 Å². The molecule has 0 radical (unpaired) electrons. The average molecular weight is 276 g/mol. The summed E-state index contributed by atoms with van der Waals surface area (Å²) in [5.41, 5.74) is 4.22. The molecule has 0 saturated heterocycles. The molecular weight excluding hydrogens is 258 g/mol. The molecule has 2 aromatic rings. The Hall–Kier alpha value is -1.61. The average Bonchev–Trinajstić information content (AvgIpc) is 2.41. The quantitative estimate of drug-likeness (QED) is 0.795. The van der Waals surface area contributed by atoms with Gasteiger partial charge in [-0.2, -0.15) is 0 Å². The number of halogens is 1. The van der Waals surface area contributed by atoms with E-state index in [1.54, 1.807) is 0 Å². The number of nitrogens with zero attached hydrogens (tertiary/aromatic N) is 3. The van der Waals surface area contributed by atoms with Crippen molar-refractivity contribution in [3.05, 3.63) is 41.3 Å². The van der Waals surface area contributed by atoms with Crippen molar-refractivity contribution in [2.75, 3.05) is 19.0 Å². The zero-order valence-corrected chi connectivity index (χ0v) is 12.3. The molecule has 1 aromatic heterocycles. The van der Waals surface area contributed by atoms with Crippen LogP contribution in [0.5, 0.6) is 0 Å². The molecule has 19 heavy (non-hydrogen) atoms. The Morgan fingerprint density at radius 1 is 1.11 bits per heavy atom. The molecule has 3 nitrogen and oxygen atoms in total. The van der Waals surface area contributed by atoms with E-state index in [4.69, 9.17) is 11.6 Å². The Morgan fingerprint density at radius 3 is 2.37 bits per heavy atom. The minimum atomic E-state index is 0.559. The van der Waals surface area contributed by atoms with E-state index in [-0.39, 0.29) is 0 Å². The Bertz CT molecular complexity index is 550. The summed E-state index contributed by atoms with van der Waals surface area (Å²) in [6.45, 7) is 2.13. The second-order valence-electron chi connectivity index (χ2n) is 4.68. The summed E-state index contributed by atoms with van der Waals surface area (Å²) in [6.07, 6.45) is 3.44. The van der Waals surface area contributed by atoms with Gasteiger partial charge in [0.25, 0.3) is 0 Å². The van der Waals surface area contributed by atoms with Gasteiger partial charge in [0.2, 0.25) is 0 Å². The highest BCUT2D eigenvalue weighted by Crippen LogP contribution is 2.28. The van der Waals surface area contributed by atoms with Crippen molar-refractivity contribution < 1.29 is 0 Å². The van der Waals surface area contributed by atoms with Crippen LogP contribution in [0.2, 0.25) is 5.15 Å². The topological polar surface area (TPSA) is 29.0 Å². The van der Waals surface area contributed by atoms with Crippen LogP contribution in [-0.4, -0.2) is 24.1 Å². The first-order chi connectivity index (χ1) is 9.13. The molecule has 0 N–H and O–H groups in total. The van der Waals surface area contributed by atoms with Gasteiger partial charge in [-0.15, -0.1) is 0 Å². The lowest BCUT2D eigenvalue weighted by molar-refractivity contribution is 0.904. The fourth-order valence-corrected chi connectivity index (χ4v) is 2.26. The monoisotopic (exact) mass is 275 g/mol. The molecule has 0 aliphatic heterocycles. The zero-order chi connectivity index (χ0) is 13.8. The molecule has 1 heterocycles. The maximum absolute atomic E-state index is 6.18. The summed E-state index contributed by atoms with van der Waals surface area (Å²) < 4.78 is 0.